The van der Waals surface area contributed by atoms with Crippen LogP contribution in [-0.2, 0) is 0 Å². The second kappa shape index (κ2) is 12.9. The van der Waals surface area contributed by atoms with Crippen LogP contribution in [0.4, 0.5) is 40.8 Å². The Hall–Kier alpha value is -8.03. The lowest BCUT2D eigenvalue weighted by molar-refractivity contribution is 0.457. The average Bonchev–Trinajstić information content (AvgIpc) is 3.77. The number of nitriles is 3. The maximum Gasteiger partial charge on any atom is 0.262 e. The van der Waals surface area contributed by atoms with Crippen LogP contribution in [0.1, 0.15) is 17.0 Å². The summed E-state index contributed by atoms with van der Waals surface area (Å²) in [6.07, 6.45) is 0. The predicted molar refractivity (Wildman–Crippen MR) is 164 cm³/mol. The summed E-state index contributed by atoms with van der Waals surface area (Å²) in [5.41, 5.74) is -5.70. The van der Waals surface area contributed by atoms with E-state index in [4.69, 9.17) is 6.57 Å². The van der Waals surface area contributed by atoms with Crippen LogP contribution in [0.3, 0.4) is 0 Å². The number of hydrogen-bond acceptors (Lipinski definition) is 10. The molecule has 1 aromatic heterocycles. The smallest absolute Gasteiger partial charge is 0.232 e. The molecule has 0 radical (unpaired) electrons. The predicted octanol–water partition coefficient (Wildman–Crippen LogP) is 5.03. The van der Waals surface area contributed by atoms with E-state index >= 15 is 0 Å². The van der Waals surface area contributed by atoms with Crippen molar-refractivity contribution in [3.8, 4) is 41.0 Å². The molecule has 0 spiro atoms. The highest BCUT2D eigenvalue weighted by molar-refractivity contribution is 5.82. The van der Waals surface area contributed by atoms with Crippen LogP contribution in [0.5, 0.6) is 0 Å². The molecule has 7 rings (SSSR count). The minimum Gasteiger partial charge on any atom is -0.232 e. The minimum absolute atomic E-state index is 0.185. The summed E-state index contributed by atoms with van der Waals surface area (Å²) in [4.78, 5) is 31.0. The fourth-order valence-corrected chi connectivity index (χ4v) is 5.32. The number of allylic oxidation sites excluding steroid dienone is 2. The van der Waals surface area contributed by atoms with Gasteiger partial charge in [-0.1, -0.05) is 0 Å². The Bertz CT molecular complexity index is 3050. The van der Waals surface area contributed by atoms with Crippen LogP contribution in [0, 0.1) is 87.1 Å². The lowest BCUT2D eigenvalue weighted by Crippen LogP contribution is -2.25. The molecule has 0 bridgehead atoms. The number of rotatable bonds is 4. The number of halogens is 8. The normalized spacial score (nSPS) is 14.1. The summed E-state index contributed by atoms with van der Waals surface area (Å²) in [5.74, 6) is -15.3. The van der Waals surface area contributed by atoms with Crippen molar-refractivity contribution in [1.82, 2.24) is 15.0 Å². The van der Waals surface area contributed by atoms with Gasteiger partial charge in [0.15, 0.2) is 58.2 Å². The second-order valence-corrected chi connectivity index (χ2v) is 10.8. The Labute approximate surface area is 294 Å². The molecular weight excluding hydrogens is 726 g/mol. The molecule has 4 aromatic carbocycles. The summed E-state index contributed by atoms with van der Waals surface area (Å²) in [6.45, 7) is 6.81. The van der Waals surface area contributed by atoms with Crippen molar-refractivity contribution in [2.75, 3.05) is 0 Å². The number of aromatic nitrogens is 3. The highest BCUT2D eigenvalue weighted by Gasteiger charge is 2.30. The molecule has 0 unspecified atom stereocenters. The van der Waals surface area contributed by atoms with Crippen LogP contribution in [0.15, 0.2) is 74.1 Å². The number of benzene rings is 4. The zero-order chi connectivity index (χ0) is 38.6. The first-order valence-electron chi connectivity index (χ1n) is 14.6. The largest absolute Gasteiger partial charge is 0.262 e. The van der Waals surface area contributed by atoms with Crippen molar-refractivity contribution in [1.29, 1.82) is 15.8 Å². The Morgan fingerprint density at radius 1 is 0.611 bits per heavy atom. The van der Waals surface area contributed by atoms with Gasteiger partial charge in [0.05, 0.1) is 28.4 Å². The van der Waals surface area contributed by atoms with E-state index in [2.05, 4.69) is 39.8 Å². The van der Waals surface area contributed by atoms with E-state index in [-0.39, 0.29) is 27.2 Å². The fourth-order valence-electron chi connectivity index (χ4n) is 5.32. The monoisotopic (exact) mass is 733 g/mol. The summed E-state index contributed by atoms with van der Waals surface area (Å²) in [6, 6.07) is 10.9. The quantitative estimate of drug-likeness (QED) is 0.109. The first kappa shape index (κ1) is 34.4. The highest BCUT2D eigenvalue weighted by Crippen LogP contribution is 2.35. The molecule has 3 heterocycles. The lowest BCUT2D eigenvalue weighted by Gasteiger charge is -2.09. The third-order valence-corrected chi connectivity index (χ3v) is 7.66. The van der Waals surface area contributed by atoms with Gasteiger partial charge in [-0.15, -0.1) is 0 Å². The molecule has 54 heavy (non-hydrogen) atoms. The van der Waals surface area contributed by atoms with E-state index in [1.54, 1.807) is 6.07 Å². The second-order valence-electron chi connectivity index (χ2n) is 10.8. The van der Waals surface area contributed by atoms with Gasteiger partial charge < -0.3 is 0 Å². The molecule has 0 atom stereocenters. The van der Waals surface area contributed by atoms with Crippen LogP contribution >= 0.6 is 0 Å². The number of nitrogens with zero attached hydrogens (tertiary/aromatic N) is 11. The molecular formula is C35H7F8N11. The van der Waals surface area contributed by atoms with Gasteiger partial charge in [-0.05, 0) is 24.3 Å². The Morgan fingerprint density at radius 2 is 1.20 bits per heavy atom. The van der Waals surface area contributed by atoms with Gasteiger partial charge in [-0.3, -0.25) is 0 Å². The third kappa shape index (κ3) is 5.55. The van der Waals surface area contributed by atoms with Crippen LogP contribution in [-0.4, -0.2) is 15.0 Å². The van der Waals surface area contributed by atoms with Gasteiger partial charge in [0.2, 0.25) is 0 Å². The van der Waals surface area contributed by atoms with Crippen LogP contribution < -0.4 is 21.4 Å². The topological polar surface area (TPSA) is 164 Å². The van der Waals surface area contributed by atoms with E-state index in [1.807, 2.05) is 6.07 Å². The molecule has 0 aliphatic carbocycles. The third-order valence-electron chi connectivity index (χ3n) is 7.66. The van der Waals surface area contributed by atoms with E-state index in [0.29, 0.717) is 12.1 Å². The van der Waals surface area contributed by atoms with E-state index < -0.39 is 109 Å². The van der Waals surface area contributed by atoms with Crippen LogP contribution in [0.25, 0.3) is 38.8 Å². The molecule has 258 valence electrons. The molecule has 19 heteroatoms. The Kier molecular flexibility index (Phi) is 8.25. The van der Waals surface area contributed by atoms with Crippen molar-refractivity contribution in [3.63, 3.8) is 0 Å². The lowest BCUT2D eigenvalue weighted by atomic mass is 10.0. The van der Waals surface area contributed by atoms with Crippen molar-refractivity contribution in [2.24, 2.45) is 20.0 Å². The number of hydrogen-bond donors (Lipinski definition) is 0. The summed E-state index contributed by atoms with van der Waals surface area (Å²) in [5, 5.41) is 29.0. The molecule has 2 aliphatic heterocycles. The zero-order valence-corrected chi connectivity index (χ0v) is 26.0. The Morgan fingerprint density at radius 3 is 1.83 bits per heavy atom. The number of fused-ring (bicyclic) bond motifs is 2. The van der Waals surface area contributed by atoms with E-state index in [9.17, 15) is 50.9 Å². The Balaban J connectivity index is 1.48. The first-order valence-corrected chi connectivity index (χ1v) is 14.6. The van der Waals surface area contributed by atoms with Gasteiger partial charge >= 0.3 is 0 Å². The highest BCUT2D eigenvalue weighted by atomic mass is 19.2. The van der Waals surface area contributed by atoms with Gasteiger partial charge in [-0.2, -0.15) is 15.8 Å². The van der Waals surface area contributed by atoms with Gasteiger partial charge in [0.1, 0.15) is 57.5 Å². The van der Waals surface area contributed by atoms with Gasteiger partial charge in [-0.25, -0.2) is 74.9 Å². The van der Waals surface area contributed by atoms with Crippen molar-refractivity contribution in [3.05, 3.63) is 150 Å². The van der Waals surface area contributed by atoms with Gasteiger partial charge in [0.25, 0.3) is 5.69 Å². The molecule has 0 fully saturated rings. The van der Waals surface area contributed by atoms with Crippen molar-refractivity contribution < 1.29 is 35.1 Å². The molecule has 11 nitrogen and oxygen atoms in total. The molecule has 0 N–H and O–H groups in total. The summed E-state index contributed by atoms with van der Waals surface area (Å²) < 4.78 is 116. The first-order chi connectivity index (χ1) is 25.9. The zero-order valence-electron chi connectivity index (χ0n) is 26.0. The average molecular weight is 734 g/mol. The van der Waals surface area contributed by atoms with Crippen LogP contribution in [0.2, 0.25) is 0 Å². The standard InChI is InChI=1S/C35H7F8N11/c1-47-30-26(42)24(40)23(25(41)27(30)43)18(10-45)33-48-21-3-2-16(17(9-44)28(21)50-33)32-52-31(12-4-13(36)6-14(37)5-12)53-35(54-32)19(11-46)34-49-22-8-15(38)7-20(39)29(22)51-34/h2-8H/b33-18+,34-19-. The fraction of sp³-hybridized carbons (Fsp3) is 0. The summed E-state index contributed by atoms with van der Waals surface area (Å²) in [7, 11) is 0. The maximum absolute atomic E-state index is 14.9. The van der Waals surface area contributed by atoms with Crippen molar-refractivity contribution >= 4 is 16.8 Å². The summed E-state index contributed by atoms with van der Waals surface area (Å²) >= 11 is 0. The van der Waals surface area contributed by atoms with Crippen molar-refractivity contribution in [2.45, 2.75) is 0 Å². The molecule has 2 aliphatic rings. The van der Waals surface area contributed by atoms with E-state index in [1.165, 1.54) is 18.2 Å². The molecule has 5 aromatic rings. The molecule has 0 saturated carbocycles. The van der Waals surface area contributed by atoms with E-state index in [0.717, 1.165) is 18.2 Å². The minimum atomic E-state index is -2.08. The van der Waals surface area contributed by atoms with Gasteiger partial charge in [0, 0.05) is 29.3 Å². The molecule has 0 saturated heterocycles. The molecule has 0 amide bonds. The SMILES string of the molecule is [C-]#[N+]c1c(F)c(F)c(/C(C#N)=C2\N=c3ccc(-c4nc(/C(C#N)=C5/N=c6cc(F)cc(F)c6=N5)nc(-c5cc(F)cc(F)c5)n4)c(C#N)c3=N2)c(F)c1F. The maximum atomic E-state index is 14.9.